The number of halogens is 1. The second kappa shape index (κ2) is 9.50. The molecule has 0 aliphatic heterocycles. The molecular formula is C15H23ClN2O2. The molecule has 0 heterocycles. The third kappa shape index (κ3) is 5.31. The van der Waals surface area contributed by atoms with Crippen molar-refractivity contribution in [3.8, 4) is 0 Å². The molecule has 0 saturated heterocycles. The van der Waals surface area contributed by atoms with Gasteiger partial charge in [-0.15, -0.1) is 12.4 Å². The third-order valence-corrected chi connectivity index (χ3v) is 3.08. The molecule has 0 radical (unpaired) electrons. The van der Waals surface area contributed by atoms with Crippen LogP contribution in [0.2, 0.25) is 0 Å². The Bertz CT molecular complexity index is 449. The maximum Gasteiger partial charge on any atom is 0.252 e. The highest BCUT2D eigenvalue weighted by Crippen LogP contribution is 2.10. The smallest absolute Gasteiger partial charge is 0.252 e. The highest BCUT2D eigenvalue weighted by molar-refractivity contribution is 6.07. The second-order valence-corrected chi connectivity index (χ2v) is 4.65. The molecule has 20 heavy (non-hydrogen) atoms. The van der Waals surface area contributed by atoms with Crippen molar-refractivity contribution in [3.63, 3.8) is 0 Å². The number of nitrogens with one attached hydrogen (secondary N) is 1. The third-order valence-electron chi connectivity index (χ3n) is 3.08. The van der Waals surface area contributed by atoms with Crippen molar-refractivity contribution in [1.29, 1.82) is 0 Å². The van der Waals surface area contributed by atoms with Crippen molar-refractivity contribution >= 4 is 24.1 Å². The molecule has 1 aromatic rings. The van der Waals surface area contributed by atoms with Crippen LogP contribution in [0.3, 0.4) is 0 Å². The van der Waals surface area contributed by atoms with Gasteiger partial charge < -0.3 is 11.1 Å². The van der Waals surface area contributed by atoms with E-state index in [0.717, 1.165) is 19.3 Å². The Kier molecular flexibility index (Phi) is 8.84. The van der Waals surface area contributed by atoms with E-state index in [-0.39, 0.29) is 30.1 Å². The number of nitrogens with two attached hydrogens (primary N) is 1. The maximum atomic E-state index is 12.2. The van der Waals surface area contributed by atoms with Crippen molar-refractivity contribution in [2.75, 3.05) is 6.54 Å². The number of rotatable bonds is 7. The van der Waals surface area contributed by atoms with Gasteiger partial charge in [-0.2, -0.15) is 0 Å². The molecule has 1 rings (SSSR count). The number of benzene rings is 1. The van der Waals surface area contributed by atoms with E-state index in [1.165, 1.54) is 6.92 Å². The van der Waals surface area contributed by atoms with E-state index >= 15 is 0 Å². The van der Waals surface area contributed by atoms with Crippen LogP contribution in [0.5, 0.6) is 0 Å². The highest BCUT2D eigenvalue weighted by Gasteiger charge is 2.16. The monoisotopic (exact) mass is 298 g/mol. The predicted molar refractivity (Wildman–Crippen MR) is 83.5 cm³/mol. The Balaban J connectivity index is 0.00000361. The molecule has 0 aliphatic carbocycles. The summed E-state index contributed by atoms with van der Waals surface area (Å²) in [6.07, 6.45) is 2.95. The highest BCUT2D eigenvalue weighted by atomic mass is 35.5. The van der Waals surface area contributed by atoms with E-state index in [4.69, 9.17) is 5.73 Å². The SMILES string of the molecule is CCCCC(CN)NC(=O)c1ccccc1C(C)=O.Cl. The summed E-state index contributed by atoms with van der Waals surface area (Å²) >= 11 is 0. The molecule has 1 aromatic carbocycles. The number of hydrogen-bond donors (Lipinski definition) is 2. The molecule has 5 heteroatoms. The Morgan fingerprint density at radius 3 is 2.35 bits per heavy atom. The molecule has 0 bridgehead atoms. The molecule has 3 N–H and O–H groups in total. The van der Waals surface area contributed by atoms with Crippen LogP contribution < -0.4 is 11.1 Å². The maximum absolute atomic E-state index is 12.2. The lowest BCUT2D eigenvalue weighted by molar-refractivity contribution is 0.0923. The minimum absolute atomic E-state index is 0. The molecule has 0 saturated carbocycles. The quantitative estimate of drug-likeness (QED) is 0.760. The molecule has 0 aliphatic rings. The minimum Gasteiger partial charge on any atom is -0.348 e. The predicted octanol–water partition coefficient (Wildman–Crippen LogP) is 2.56. The van der Waals surface area contributed by atoms with Crippen LogP contribution in [-0.4, -0.2) is 24.3 Å². The molecule has 1 atom stereocenters. The summed E-state index contributed by atoms with van der Waals surface area (Å²) in [5.41, 5.74) is 6.53. The molecular weight excluding hydrogens is 276 g/mol. The fourth-order valence-corrected chi connectivity index (χ4v) is 1.95. The number of hydrogen-bond acceptors (Lipinski definition) is 3. The van der Waals surface area contributed by atoms with Crippen molar-refractivity contribution in [2.45, 2.75) is 39.2 Å². The van der Waals surface area contributed by atoms with Gasteiger partial charge in [0.15, 0.2) is 5.78 Å². The van der Waals surface area contributed by atoms with Gasteiger partial charge in [-0.3, -0.25) is 9.59 Å². The lowest BCUT2D eigenvalue weighted by Crippen LogP contribution is -2.40. The summed E-state index contributed by atoms with van der Waals surface area (Å²) < 4.78 is 0. The van der Waals surface area contributed by atoms with Crippen LogP contribution in [0, 0.1) is 0 Å². The van der Waals surface area contributed by atoms with E-state index < -0.39 is 0 Å². The van der Waals surface area contributed by atoms with Crippen LogP contribution in [0.1, 0.15) is 53.8 Å². The molecule has 4 nitrogen and oxygen atoms in total. The van der Waals surface area contributed by atoms with Crippen molar-refractivity contribution in [1.82, 2.24) is 5.32 Å². The lowest BCUT2D eigenvalue weighted by atomic mass is 10.0. The van der Waals surface area contributed by atoms with Crippen molar-refractivity contribution < 1.29 is 9.59 Å². The van der Waals surface area contributed by atoms with Crippen LogP contribution in [0.25, 0.3) is 0 Å². The Morgan fingerprint density at radius 1 is 1.25 bits per heavy atom. The number of amides is 1. The zero-order chi connectivity index (χ0) is 14.3. The van der Waals surface area contributed by atoms with Gasteiger partial charge >= 0.3 is 0 Å². The summed E-state index contributed by atoms with van der Waals surface area (Å²) in [5, 5.41) is 2.90. The number of unbranched alkanes of at least 4 members (excludes halogenated alkanes) is 1. The van der Waals surface area contributed by atoms with E-state index in [2.05, 4.69) is 12.2 Å². The van der Waals surface area contributed by atoms with Gasteiger partial charge in [-0.25, -0.2) is 0 Å². The zero-order valence-corrected chi connectivity index (χ0v) is 12.8. The Hall–Kier alpha value is -1.39. The summed E-state index contributed by atoms with van der Waals surface area (Å²) in [6.45, 7) is 3.97. The summed E-state index contributed by atoms with van der Waals surface area (Å²) in [5.74, 6) is -0.332. The fraction of sp³-hybridized carbons (Fsp3) is 0.467. The number of ketones is 1. The topological polar surface area (TPSA) is 72.2 Å². The van der Waals surface area contributed by atoms with Gasteiger partial charge in [-0.1, -0.05) is 38.0 Å². The molecule has 1 amide bonds. The summed E-state index contributed by atoms with van der Waals surface area (Å²) in [7, 11) is 0. The van der Waals surface area contributed by atoms with E-state index in [0.29, 0.717) is 17.7 Å². The average Bonchev–Trinajstić information content (AvgIpc) is 2.43. The molecule has 0 spiro atoms. The summed E-state index contributed by atoms with van der Waals surface area (Å²) in [6, 6.07) is 6.81. The summed E-state index contributed by atoms with van der Waals surface area (Å²) in [4.78, 5) is 23.7. The van der Waals surface area contributed by atoms with Gasteiger partial charge in [0.25, 0.3) is 5.91 Å². The van der Waals surface area contributed by atoms with Crippen LogP contribution >= 0.6 is 12.4 Å². The Labute approximate surface area is 126 Å². The van der Waals surface area contributed by atoms with Gasteiger partial charge in [0.05, 0.1) is 5.56 Å². The minimum atomic E-state index is -0.225. The molecule has 0 fully saturated rings. The standard InChI is InChI=1S/C15H22N2O2.ClH/c1-3-4-7-12(10-16)17-15(19)14-9-6-5-8-13(14)11(2)18;/h5-6,8-9,12H,3-4,7,10,16H2,1-2H3,(H,17,19);1H. The Morgan fingerprint density at radius 2 is 1.85 bits per heavy atom. The molecule has 1 unspecified atom stereocenters. The van der Waals surface area contributed by atoms with Crippen molar-refractivity contribution in [2.24, 2.45) is 5.73 Å². The van der Waals surface area contributed by atoms with E-state index in [1.54, 1.807) is 24.3 Å². The fourth-order valence-electron chi connectivity index (χ4n) is 1.95. The van der Waals surface area contributed by atoms with Gasteiger partial charge in [0, 0.05) is 18.2 Å². The lowest BCUT2D eigenvalue weighted by Gasteiger charge is -2.17. The largest absolute Gasteiger partial charge is 0.348 e. The van der Waals surface area contributed by atoms with Gasteiger partial charge in [0.2, 0.25) is 0 Å². The van der Waals surface area contributed by atoms with Crippen molar-refractivity contribution in [3.05, 3.63) is 35.4 Å². The number of Topliss-reactive ketones (excluding diaryl/α,β-unsaturated/α-hetero) is 1. The van der Waals surface area contributed by atoms with E-state index in [1.807, 2.05) is 0 Å². The van der Waals surface area contributed by atoms with Crippen LogP contribution in [0.4, 0.5) is 0 Å². The number of carbonyl (C=O) groups is 2. The average molecular weight is 299 g/mol. The second-order valence-electron chi connectivity index (χ2n) is 4.65. The van der Waals surface area contributed by atoms with Crippen LogP contribution in [0.15, 0.2) is 24.3 Å². The van der Waals surface area contributed by atoms with Gasteiger partial charge in [0.1, 0.15) is 0 Å². The van der Waals surface area contributed by atoms with Gasteiger partial charge in [-0.05, 0) is 19.4 Å². The molecule has 0 aromatic heterocycles. The van der Waals surface area contributed by atoms with E-state index in [9.17, 15) is 9.59 Å². The zero-order valence-electron chi connectivity index (χ0n) is 12.0. The first-order valence-electron chi connectivity index (χ1n) is 6.71. The first-order valence-corrected chi connectivity index (χ1v) is 6.71. The normalized spacial score (nSPS) is 11.3. The van der Waals surface area contributed by atoms with Crippen LogP contribution in [-0.2, 0) is 0 Å². The first kappa shape index (κ1) is 18.6. The molecule has 112 valence electrons. The first-order chi connectivity index (χ1) is 9.10. The number of carbonyl (C=O) groups excluding carboxylic acids is 2.